The molecule has 1 aromatic carbocycles. The van der Waals surface area contributed by atoms with Crippen LogP contribution in [0.5, 0.6) is 0 Å². The summed E-state index contributed by atoms with van der Waals surface area (Å²) >= 11 is 15.0. The van der Waals surface area contributed by atoms with E-state index in [0.29, 0.717) is 21.1 Å². The lowest BCUT2D eigenvalue weighted by Crippen LogP contribution is -2.08. The van der Waals surface area contributed by atoms with Gasteiger partial charge in [0.1, 0.15) is 0 Å². The smallest absolute Gasteiger partial charge is 0.310 e. The largest absolute Gasteiger partial charge is 0.466 e. The van der Waals surface area contributed by atoms with Crippen molar-refractivity contribution >= 4 is 45.1 Å². The van der Waals surface area contributed by atoms with Crippen LogP contribution < -0.4 is 0 Å². The number of carbonyl (C=O) groups excluding carboxylic acids is 1. The molecule has 0 aliphatic carbocycles. The summed E-state index contributed by atoms with van der Waals surface area (Å²) < 4.78 is 5.52. The summed E-state index contributed by atoms with van der Waals surface area (Å²) in [4.78, 5) is 11.3. The van der Waals surface area contributed by atoms with Crippen molar-refractivity contribution in [2.24, 2.45) is 0 Å². The lowest BCUT2D eigenvalue weighted by molar-refractivity contribution is -0.142. The average Bonchev–Trinajstić information content (AvgIpc) is 2.13. The summed E-state index contributed by atoms with van der Waals surface area (Å²) in [5, 5.41) is 0.990. The molecule has 0 atom stereocenters. The summed E-state index contributed by atoms with van der Waals surface area (Å²) in [5.74, 6) is -0.295. The second-order valence-corrected chi connectivity index (χ2v) is 4.48. The molecule has 1 aromatic rings. The van der Waals surface area contributed by atoms with Gasteiger partial charge in [-0.05, 0) is 40.5 Å². The van der Waals surface area contributed by atoms with Gasteiger partial charge in [0, 0.05) is 9.50 Å². The van der Waals surface area contributed by atoms with Crippen LogP contribution in [0.1, 0.15) is 12.5 Å². The quantitative estimate of drug-likeness (QED) is 0.626. The Morgan fingerprint density at radius 2 is 2.13 bits per heavy atom. The molecule has 0 unspecified atom stereocenters. The number of benzene rings is 1. The fourth-order valence-corrected chi connectivity index (χ4v) is 2.01. The third-order valence-electron chi connectivity index (χ3n) is 1.71. The van der Waals surface area contributed by atoms with E-state index < -0.39 is 0 Å². The first kappa shape index (κ1) is 12.8. The van der Waals surface area contributed by atoms with Crippen molar-refractivity contribution < 1.29 is 9.53 Å². The standard InChI is InChI=1S/C10H9BrCl2O2/c1-2-15-9(14)4-6-3-7(12)5-8(13)10(6)11/h3,5H,2,4H2,1H3. The Kier molecular flexibility index (Phi) is 4.90. The van der Waals surface area contributed by atoms with Crippen molar-refractivity contribution in [3.8, 4) is 0 Å². The van der Waals surface area contributed by atoms with E-state index >= 15 is 0 Å². The van der Waals surface area contributed by atoms with Crippen LogP contribution >= 0.6 is 39.1 Å². The van der Waals surface area contributed by atoms with Crippen molar-refractivity contribution in [2.45, 2.75) is 13.3 Å². The first-order valence-corrected chi connectivity index (χ1v) is 5.88. The summed E-state index contributed by atoms with van der Waals surface area (Å²) in [6, 6.07) is 3.30. The first-order chi connectivity index (χ1) is 7.04. The Morgan fingerprint density at radius 1 is 1.47 bits per heavy atom. The normalized spacial score (nSPS) is 10.1. The van der Waals surface area contributed by atoms with Crippen LogP contribution in [0.3, 0.4) is 0 Å². The molecule has 0 saturated heterocycles. The van der Waals surface area contributed by atoms with Gasteiger partial charge < -0.3 is 4.74 Å². The highest BCUT2D eigenvalue weighted by Crippen LogP contribution is 2.30. The summed E-state index contributed by atoms with van der Waals surface area (Å²) in [6.45, 7) is 2.13. The Bertz CT molecular complexity index is 380. The zero-order valence-electron chi connectivity index (χ0n) is 8.02. The second-order valence-electron chi connectivity index (χ2n) is 2.84. The molecule has 0 bridgehead atoms. The van der Waals surface area contributed by atoms with Gasteiger partial charge in [-0.1, -0.05) is 23.2 Å². The number of hydrogen-bond donors (Lipinski definition) is 0. The zero-order chi connectivity index (χ0) is 11.4. The van der Waals surface area contributed by atoms with E-state index in [1.807, 2.05) is 0 Å². The number of hydrogen-bond acceptors (Lipinski definition) is 2. The molecular weight excluding hydrogens is 303 g/mol. The molecule has 0 spiro atoms. The molecule has 0 radical (unpaired) electrons. The van der Waals surface area contributed by atoms with Gasteiger partial charge >= 0.3 is 5.97 Å². The Morgan fingerprint density at radius 3 is 2.73 bits per heavy atom. The van der Waals surface area contributed by atoms with Crippen molar-refractivity contribution in [2.75, 3.05) is 6.61 Å². The van der Waals surface area contributed by atoms with Gasteiger partial charge in [-0.25, -0.2) is 0 Å². The van der Waals surface area contributed by atoms with Crippen LogP contribution in [-0.2, 0) is 16.0 Å². The van der Waals surface area contributed by atoms with E-state index in [-0.39, 0.29) is 12.4 Å². The predicted molar refractivity (Wildman–Crippen MR) is 64.5 cm³/mol. The lowest BCUT2D eigenvalue weighted by Gasteiger charge is -2.06. The molecule has 0 aliphatic heterocycles. The molecule has 82 valence electrons. The number of rotatable bonds is 3. The predicted octanol–water partition coefficient (Wildman–Crippen LogP) is 3.86. The molecule has 2 nitrogen and oxygen atoms in total. The number of carbonyl (C=O) groups is 1. The van der Waals surface area contributed by atoms with Gasteiger partial charge in [-0.2, -0.15) is 0 Å². The molecule has 1 rings (SSSR count). The summed E-state index contributed by atoms with van der Waals surface area (Å²) in [7, 11) is 0. The molecule has 0 aromatic heterocycles. The van der Waals surface area contributed by atoms with Crippen LogP contribution in [-0.4, -0.2) is 12.6 Å². The molecule has 0 heterocycles. The fourth-order valence-electron chi connectivity index (χ4n) is 1.11. The lowest BCUT2D eigenvalue weighted by atomic mass is 10.1. The summed E-state index contributed by atoms with van der Waals surface area (Å²) in [6.07, 6.45) is 0.161. The van der Waals surface area contributed by atoms with E-state index in [2.05, 4.69) is 15.9 Å². The molecule has 0 N–H and O–H groups in total. The third kappa shape index (κ3) is 3.67. The van der Waals surface area contributed by atoms with Crippen LogP contribution in [0.25, 0.3) is 0 Å². The summed E-state index contributed by atoms with van der Waals surface area (Å²) in [5.41, 5.74) is 0.728. The highest BCUT2D eigenvalue weighted by atomic mass is 79.9. The van der Waals surface area contributed by atoms with E-state index in [0.717, 1.165) is 5.56 Å². The minimum Gasteiger partial charge on any atom is -0.466 e. The second kappa shape index (κ2) is 5.73. The molecule has 0 fully saturated rings. The van der Waals surface area contributed by atoms with Crippen LogP contribution in [0, 0.1) is 0 Å². The Hall–Kier alpha value is -0.250. The Labute approximate surface area is 107 Å². The van der Waals surface area contributed by atoms with Gasteiger partial charge in [-0.3, -0.25) is 4.79 Å². The number of esters is 1. The molecule has 15 heavy (non-hydrogen) atoms. The zero-order valence-corrected chi connectivity index (χ0v) is 11.1. The van der Waals surface area contributed by atoms with Crippen molar-refractivity contribution in [3.63, 3.8) is 0 Å². The Balaban J connectivity index is 2.89. The number of halogens is 3. The SMILES string of the molecule is CCOC(=O)Cc1cc(Cl)cc(Cl)c1Br. The third-order valence-corrected chi connectivity index (χ3v) is 3.39. The minimum atomic E-state index is -0.295. The maximum atomic E-state index is 11.3. The van der Waals surface area contributed by atoms with Gasteiger partial charge in [0.25, 0.3) is 0 Å². The van der Waals surface area contributed by atoms with Crippen molar-refractivity contribution in [3.05, 3.63) is 32.2 Å². The monoisotopic (exact) mass is 310 g/mol. The topological polar surface area (TPSA) is 26.3 Å². The maximum Gasteiger partial charge on any atom is 0.310 e. The highest BCUT2D eigenvalue weighted by molar-refractivity contribution is 9.10. The van der Waals surface area contributed by atoms with E-state index in [1.54, 1.807) is 19.1 Å². The molecule has 0 amide bonds. The minimum absolute atomic E-state index is 0.161. The van der Waals surface area contributed by atoms with Gasteiger partial charge in [0.05, 0.1) is 18.1 Å². The van der Waals surface area contributed by atoms with E-state index in [1.165, 1.54) is 0 Å². The molecule has 0 aliphatic rings. The van der Waals surface area contributed by atoms with Crippen molar-refractivity contribution in [1.29, 1.82) is 0 Å². The highest BCUT2D eigenvalue weighted by Gasteiger charge is 2.11. The van der Waals surface area contributed by atoms with Gasteiger partial charge in [0.2, 0.25) is 0 Å². The van der Waals surface area contributed by atoms with Crippen LogP contribution in [0.15, 0.2) is 16.6 Å². The fraction of sp³-hybridized carbons (Fsp3) is 0.300. The number of ether oxygens (including phenoxy) is 1. The maximum absolute atomic E-state index is 11.3. The van der Waals surface area contributed by atoms with Crippen molar-refractivity contribution in [1.82, 2.24) is 0 Å². The molecule has 0 saturated carbocycles. The van der Waals surface area contributed by atoms with Crippen LogP contribution in [0.2, 0.25) is 10.0 Å². The average molecular weight is 312 g/mol. The van der Waals surface area contributed by atoms with E-state index in [9.17, 15) is 4.79 Å². The first-order valence-electron chi connectivity index (χ1n) is 4.33. The van der Waals surface area contributed by atoms with E-state index in [4.69, 9.17) is 27.9 Å². The molecular formula is C10H9BrCl2O2. The van der Waals surface area contributed by atoms with Gasteiger partial charge in [-0.15, -0.1) is 0 Å². The molecule has 5 heteroatoms. The van der Waals surface area contributed by atoms with Crippen LogP contribution in [0.4, 0.5) is 0 Å². The van der Waals surface area contributed by atoms with Gasteiger partial charge in [0.15, 0.2) is 0 Å².